The van der Waals surface area contributed by atoms with Crippen LogP contribution in [0.25, 0.3) is 0 Å². The molecule has 0 saturated heterocycles. The number of hydrogen-bond donors (Lipinski definition) is 2. The van der Waals surface area contributed by atoms with Crippen molar-refractivity contribution in [2.45, 2.75) is 32.1 Å². The van der Waals surface area contributed by atoms with Gasteiger partial charge < -0.3 is 15.4 Å². The third-order valence-corrected chi connectivity index (χ3v) is 4.63. The molecule has 1 fully saturated rings. The summed E-state index contributed by atoms with van der Waals surface area (Å²) in [7, 11) is 1.62. The van der Waals surface area contributed by atoms with Gasteiger partial charge >= 0.3 is 0 Å². The SMILES string of the molecule is COCCNC(=O)C1CCC(C(=O)NCCc2ccccc2)CC1. The van der Waals surface area contributed by atoms with E-state index in [4.69, 9.17) is 4.74 Å². The van der Waals surface area contributed by atoms with E-state index < -0.39 is 0 Å². The highest BCUT2D eigenvalue weighted by Gasteiger charge is 2.29. The quantitative estimate of drug-likeness (QED) is 0.715. The molecule has 0 aliphatic heterocycles. The Bertz CT molecular complexity index is 511. The summed E-state index contributed by atoms with van der Waals surface area (Å²) in [6.45, 7) is 1.75. The summed E-state index contributed by atoms with van der Waals surface area (Å²) in [4.78, 5) is 24.3. The minimum atomic E-state index is 0.0372. The van der Waals surface area contributed by atoms with Gasteiger partial charge in [-0.2, -0.15) is 0 Å². The molecule has 2 amide bonds. The summed E-state index contributed by atoms with van der Waals surface area (Å²) >= 11 is 0. The van der Waals surface area contributed by atoms with E-state index in [2.05, 4.69) is 22.8 Å². The van der Waals surface area contributed by atoms with Gasteiger partial charge in [-0.1, -0.05) is 30.3 Å². The highest BCUT2D eigenvalue weighted by Crippen LogP contribution is 2.29. The number of amides is 2. The largest absolute Gasteiger partial charge is 0.383 e. The van der Waals surface area contributed by atoms with Crippen LogP contribution in [0, 0.1) is 11.8 Å². The van der Waals surface area contributed by atoms with Crippen LogP contribution in [-0.4, -0.2) is 38.6 Å². The fourth-order valence-electron chi connectivity index (χ4n) is 3.16. The van der Waals surface area contributed by atoms with Crippen LogP contribution >= 0.6 is 0 Å². The molecule has 2 N–H and O–H groups in total. The van der Waals surface area contributed by atoms with Gasteiger partial charge in [-0.15, -0.1) is 0 Å². The van der Waals surface area contributed by atoms with Crippen molar-refractivity contribution in [3.63, 3.8) is 0 Å². The topological polar surface area (TPSA) is 67.4 Å². The summed E-state index contributed by atoms with van der Waals surface area (Å²) in [5, 5.41) is 5.92. The van der Waals surface area contributed by atoms with Crippen LogP contribution in [0.3, 0.4) is 0 Å². The van der Waals surface area contributed by atoms with Crippen molar-refractivity contribution in [1.29, 1.82) is 0 Å². The van der Waals surface area contributed by atoms with E-state index in [9.17, 15) is 9.59 Å². The second kappa shape index (κ2) is 10.1. The Labute approximate surface area is 144 Å². The van der Waals surface area contributed by atoms with Crippen LogP contribution in [0.4, 0.5) is 0 Å². The fourth-order valence-corrected chi connectivity index (χ4v) is 3.16. The van der Waals surface area contributed by atoms with E-state index >= 15 is 0 Å². The maximum atomic E-state index is 12.2. The molecular weight excluding hydrogens is 304 g/mol. The number of methoxy groups -OCH3 is 1. The predicted molar refractivity (Wildman–Crippen MR) is 93.5 cm³/mol. The van der Waals surface area contributed by atoms with Gasteiger partial charge in [0.2, 0.25) is 11.8 Å². The van der Waals surface area contributed by atoms with Crippen molar-refractivity contribution in [2.75, 3.05) is 26.8 Å². The van der Waals surface area contributed by atoms with E-state index in [1.54, 1.807) is 7.11 Å². The van der Waals surface area contributed by atoms with Crippen molar-refractivity contribution < 1.29 is 14.3 Å². The Morgan fingerprint density at radius 1 is 0.958 bits per heavy atom. The smallest absolute Gasteiger partial charge is 0.223 e. The molecule has 0 atom stereocenters. The number of rotatable bonds is 8. The molecule has 0 radical (unpaired) electrons. The summed E-state index contributed by atoms with van der Waals surface area (Å²) in [5.74, 6) is 0.304. The highest BCUT2D eigenvalue weighted by atomic mass is 16.5. The van der Waals surface area contributed by atoms with Gasteiger partial charge in [-0.25, -0.2) is 0 Å². The zero-order chi connectivity index (χ0) is 17.2. The monoisotopic (exact) mass is 332 g/mol. The first kappa shape index (κ1) is 18.5. The van der Waals surface area contributed by atoms with Crippen LogP contribution in [0.2, 0.25) is 0 Å². The van der Waals surface area contributed by atoms with Crippen molar-refractivity contribution in [1.82, 2.24) is 10.6 Å². The standard InChI is InChI=1S/C19H28N2O3/c1-24-14-13-21-19(23)17-9-7-16(8-10-17)18(22)20-12-11-15-5-3-2-4-6-15/h2-6,16-17H,7-14H2,1H3,(H,20,22)(H,21,23). The number of nitrogens with one attached hydrogen (secondary N) is 2. The van der Waals surface area contributed by atoms with Crippen molar-refractivity contribution in [3.05, 3.63) is 35.9 Å². The molecule has 0 heterocycles. The first-order chi connectivity index (χ1) is 11.7. The predicted octanol–water partition coefficient (Wildman–Crippen LogP) is 1.91. The van der Waals surface area contributed by atoms with E-state index in [1.165, 1.54) is 5.56 Å². The summed E-state index contributed by atoms with van der Waals surface area (Å²) in [6.07, 6.45) is 4.01. The lowest BCUT2D eigenvalue weighted by Gasteiger charge is -2.27. The zero-order valence-electron chi connectivity index (χ0n) is 14.4. The second-order valence-corrected chi connectivity index (χ2v) is 6.36. The van der Waals surface area contributed by atoms with E-state index in [1.807, 2.05) is 18.2 Å². The van der Waals surface area contributed by atoms with Crippen LogP contribution in [0.5, 0.6) is 0 Å². The third-order valence-electron chi connectivity index (χ3n) is 4.63. The first-order valence-electron chi connectivity index (χ1n) is 8.79. The average Bonchev–Trinajstić information content (AvgIpc) is 2.63. The van der Waals surface area contributed by atoms with Crippen molar-refractivity contribution in [3.8, 4) is 0 Å². The molecule has 0 aromatic heterocycles. The molecule has 1 aliphatic carbocycles. The molecule has 0 unspecified atom stereocenters. The third kappa shape index (κ3) is 5.96. The molecule has 1 aromatic carbocycles. The van der Waals surface area contributed by atoms with Gasteiger partial charge in [0.15, 0.2) is 0 Å². The molecular formula is C19H28N2O3. The van der Waals surface area contributed by atoms with Crippen LogP contribution in [-0.2, 0) is 20.7 Å². The number of hydrogen-bond acceptors (Lipinski definition) is 3. The first-order valence-corrected chi connectivity index (χ1v) is 8.79. The lowest BCUT2D eigenvalue weighted by molar-refractivity contribution is -0.130. The maximum Gasteiger partial charge on any atom is 0.223 e. The van der Waals surface area contributed by atoms with Gasteiger partial charge in [0.25, 0.3) is 0 Å². The van der Waals surface area contributed by atoms with Gasteiger partial charge in [0.1, 0.15) is 0 Å². The van der Waals surface area contributed by atoms with Gasteiger partial charge in [-0.05, 0) is 37.7 Å². The number of benzene rings is 1. The van der Waals surface area contributed by atoms with E-state index in [0.29, 0.717) is 19.7 Å². The van der Waals surface area contributed by atoms with Gasteiger partial charge in [0.05, 0.1) is 6.61 Å². The number of carbonyl (C=O) groups is 2. The van der Waals surface area contributed by atoms with Crippen LogP contribution in [0.15, 0.2) is 30.3 Å². The zero-order valence-corrected chi connectivity index (χ0v) is 14.4. The molecule has 0 spiro atoms. The Kier molecular flexibility index (Phi) is 7.75. The Morgan fingerprint density at radius 3 is 2.04 bits per heavy atom. The molecule has 2 rings (SSSR count). The molecule has 0 bridgehead atoms. The second-order valence-electron chi connectivity index (χ2n) is 6.36. The van der Waals surface area contributed by atoms with E-state index in [0.717, 1.165) is 32.1 Å². The highest BCUT2D eigenvalue weighted by molar-refractivity contribution is 5.81. The Balaban J connectivity index is 1.64. The number of ether oxygens (including phenoxy) is 1. The molecule has 1 saturated carbocycles. The van der Waals surface area contributed by atoms with Crippen LogP contribution in [0.1, 0.15) is 31.2 Å². The molecule has 5 heteroatoms. The van der Waals surface area contributed by atoms with Crippen molar-refractivity contribution >= 4 is 11.8 Å². The molecule has 1 aromatic rings. The maximum absolute atomic E-state index is 12.2. The Morgan fingerprint density at radius 2 is 1.50 bits per heavy atom. The average molecular weight is 332 g/mol. The van der Waals surface area contributed by atoms with Crippen LogP contribution < -0.4 is 10.6 Å². The lowest BCUT2D eigenvalue weighted by Crippen LogP contribution is -2.38. The molecule has 132 valence electrons. The lowest BCUT2D eigenvalue weighted by atomic mass is 9.81. The minimum absolute atomic E-state index is 0.0372. The van der Waals surface area contributed by atoms with Crippen molar-refractivity contribution in [2.24, 2.45) is 11.8 Å². The molecule has 24 heavy (non-hydrogen) atoms. The van der Waals surface area contributed by atoms with Gasteiger partial charge in [-0.3, -0.25) is 9.59 Å². The molecule has 5 nitrogen and oxygen atoms in total. The Hall–Kier alpha value is -1.88. The summed E-state index contributed by atoms with van der Waals surface area (Å²) in [6, 6.07) is 10.2. The minimum Gasteiger partial charge on any atom is -0.383 e. The normalized spacial score (nSPS) is 20.4. The molecule has 1 aliphatic rings. The van der Waals surface area contributed by atoms with E-state index in [-0.39, 0.29) is 23.7 Å². The fraction of sp³-hybridized carbons (Fsp3) is 0.579. The van der Waals surface area contributed by atoms with Gasteiger partial charge in [0, 0.05) is 32.0 Å². The summed E-state index contributed by atoms with van der Waals surface area (Å²) in [5.41, 5.74) is 1.23. The summed E-state index contributed by atoms with van der Waals surface area (Å²) < 4.78 is 4.93. The number of carbonyl (C=O) groups excluding carboxylic acids is 2.